The number of aryl methyl sites for hydroxylation is 1. The number of nitrogens with zero attached hydrogens (tertiary/aromatic N) is 3. The van der Waals surface area contributed by atoms with Crippen molar-refractivity contribution in [3.05, 3.63) is 70.0 Å². The lowest BCUT2D eigenvalue weighted by Crippen LogP contribution is -2.51. The second-order valence-electron chi connectivity index (χ2n) is 12.7. The Hall–Kier alpha value is -3.31. The number of rotatable bonds is 3. The second-order valence-corrected chi connectivity index (χ2v) is 12.7. The Labute approximate surface area is 246 Å². The highest BCUT2D eigenvalue weighted by Crippen LogP contribution is 2.46. The van der Waals surface area contributed by atoms with Crippen molar-refractivity contribution in [3.63, 3.8) is 0 Å². The summed E-state index contributed by atoms with van der Waals surface area (Å²) in [6.45, 7) is 9.65. The highest BCUT2D eigenvalue weighted by molar-refractivity contribution is 5.82. The van der Waals surface area contributed by atoms with Gasteiger partial charge in [-0.3, -0.25) is 4.79 Å². The molecule has 4 atom stereocenters. The van der Waals surface area contributed by atoms with Crippen LogP contribution in [0.5, 0.6) is 0 Å². The van der Waals surface area contributed by atoms with Crippen LogP contribution in [-0.4, -0.2) is 53.3 Å². The molecule has 2 aromatic carbocycles. The molecule has 2 heterocycles. The minimum absolute atomic E-state index is 0.0369. The number of amides is 3. The summed E-state index contributed by atoms with van der Waals surface area (Å²) in [5.41, 5.74) is -2.59. The lowest BCUT2D eigenvalue weighted by molar-refractivity contribution is -0.143. The SMILES string of the molecule is Cc1cc(F)ccc1C1C2CN(C(=O)C(C)(C)C)CC2CCN1C(=O)N(C)C(C)c1cc(C(F)(F)F)cc(C(F)(F)F)c1. The standard InChI is InChI=1S/C31H36F7N3O2/c1-17-11-23(32)7-8-24(17)26-25-16-40(27(42)29(3,4)5)15-19(25)9-10-41(26)28(43)39(6)18(2)20-12-21(30(33,34)35)14-22(13-20)31(36,37)38/h7-8,11-14,18-19,25-26H,9-10,15-16H2,1-6H3. The van der Waals surface area contributed by atoms with Gasteiger partial charge in [0, 0.05) is 38.0 Å². The summed E-state index contributed by atoms with van der Waals surface area (Å²) in [5.74, 6) is -0.657. The Morgan fingerprint density at radius 3 is 2.02 bits per heavy atom. The summed E-state index contributed by atoms with van der Waals surface area (Å²) >= 11 is 0. The molecule has 12 heteroatoms. The van der Waals surface area contributed by atoms with Gasteiger partial charge in [0.2, 0.25) is 5.91 Å². The van der Waals surface area contributed by atoms with E-state index in [0.29, 0.717) is 42.8 Å². The Bertz CT molecular complexity index is 1350. The average Bonchev–Trinajstić information content (AvgIpc) is 3.33. The van der Waals surface area contributed by atoms with Crippen molar-refractivity contribution in [2.75, 3.05) is 26.7 Å². The molecule has 43 heavy (non-hydrogen) atoms. The Morgan fingerprint density at radius 2 is 1.51 bits per heavy atom. The number of alkyl halides is 6. The molecular weight excluding hydrogens is 579 g/mol. The summed E-state index contributed by atoms with van der Waals surface area (Å²) in [5, 5.41) is 0. The average molecular weight is 616 g/mol. The molecule has 2 aliphatic rings. The third-order valence-electron chi connectivity index (χ3n) is 8.67. The van der Waals surface area contributed by atoms with Gasteiger partial charge in [-0.1, -0.05) is 26.8 Å². The Kier molecular flexibility index (Phi) is 8.58. The van der Waals surface area contributed by atoms with Crippen molar-refractivity contribution in [3.8, 4) is 0 Å². The van der Waals surface area contributed by atoms with Crippen LogP contribution in [0.2, 0.25) is 0 Å². The summed E-state index contributed by atoms with van der Waals surface area (Å²) in [6.07, 6.45) is -9.50. The number of piperidine rings is 1. The van der Waals surface area contributed by atoms with E-state index in [1.807, 2.05) is 20.8 Å². The van der Waals surface area contributed by atoms with E-state index in [2.05, 4.69) is 0 Å². The molecule has 0 N–H and O–H groups in total. The molecule has 4 rings (SSSR count). The Balaban J connectivity index is 1.71. The molecule has 5 nitrogen and oxygen atoms in total. The number of urea groups is 1. The highest BCUT2D eigenvalue weighted by atomic mass is 19.4. The molecule has 2 aromatic rings. The smallest absolute Gasteiger partial charge is 0.342 e. The van der Waals surface area contributed by atoms with Gasteiger partial charge in [0.25, 0.3) is 0 Å². The van der Waals surface area contributed by atoms with Gasteiger partial charge in [0.1, 0.15) is 5.82 Å². The first-order valence-corrected chi connectivity index (χ1v) is 14.1. The van der Waals surface area contributed by atoms with Crippen molar-refractivity contribution in [1.82, 2.24) is 14.7 Å². The van der Waals surface area contributed by atoms with Gasteiger partial charge >= 0.3 is 18.4 Å². The van der Waals surface area contributed by atoms with Crippen molar-refractivity contribution < 1.29 is 40.3 Å². The largest absolute Gasteiger partial charge is 0.416 e. The monoisotopic (exact) mass is 615 g/mol. The molecule has 2 fully saturated rings. The molecule has 4 unspecified atom stereocenters. The van der Waals surface area contributed by atoms with E-state index < -0.39 is 52.8 Å². The summed E-state index contributed by atoms with van der Waals surface area (Å²) in [7, 11) is 1.34. The summed E-state index contributed by atoms with van der Waals surface area (Å²) in [4.78, 5) is 31.7. The maximum absolute atomic E-state index is 14.1. The first kappa shape index (κ1) is 32.6. The lowest BCUT2D eigenvalue weighted by Gasteiger charge is -2.45. The van der Waals surface area contributed by atoms with Gasteiger partial charge in [0.05, 0.1) is 23.2 Å². The maximum Gasteiger partial charge on any atom is 0.416 e. The Morgan fingerprint density at radius 1 is 0.930 bits per heavy atom. The molecule has 3 amide bonds. The van der Waals surface area contributed by atoms with Crippen molar-refractivity contribution in [2.45, 2.75) is 65.5 Å². The molecule has 0 bridgehead atoms. The normalized spacial score (nSPS) is 21.9. The zero-order valence-electron chi connectivity index (χ0n) is 24.9. The lowest BCUT2D eigenvalue weighted by atomic mass is 9.78. The predicted octanol–water partition coefficient (Wildman–Crippen LogP) is 7.85. The second kappa shape index (κ2) is 11.3. The topological polar surface area (TPSA) is 43.9 Å². The minimum atomic E-state index is -5.02. The van der Waals surface area contributed by atoms with Crippen LogP contribution < -0.4 is 0 Å². The molecule has 0 aromatic heterocycles. The highest BCUT2D eigenvalue weighted by Gasteiger charge is 2.49. The number of hydrogen-bond donors (Lipinski definition) is 0. The fraction of sp³-hybridized carbons (Fsp3) is 0.548. The van der Waals surface area contributed by atoms with Crippen molar-refractivity contribution in [1.29, 1.82) is 0 Å². The van der Waals surface area contributed by atoms with E-state index in [9.17, 15) is 40.3 Å². The first-order chi connectivity index (χ1) is 19.7. The van der Waals surface area contributed by atoms with E-state index in [0.717, 1.165) is 4.90 Å². The summed E-state index contributed by atoms with van der Waals surface area (Å²) in [6, 6.07) is 3.22. The number of fused-ring (bicyclic) bond motifs is 1. The molecular formula is C31H36F7N3O2. The van der Waals surface area contributed by atoms with Gasteiger partial charge in [-0.15, -0.1) is 0 Å². The van der Waals surface area contributed by atoms with Gasteiger partial charge < -0.3 is 14.7 Å². The molecule has 0 aliphatic carbocycles. The van der Waals surface area contributed by atoms with Gasteiger partial charge in [-0.25, -0.2) is 9.18 Å². The van der Waals surface area contributed by atoms with Crippen LogP contribution >= 0.6 is 0 Å². The predicted molar refractivity (Wildman–Crippen MR) is 146 cm³/mol. The first-order valence-electron chi connectivity index (χ1n) is 14.1. The minimum Gasteiger partial charge on any atom is -0.342 e. The van der Waals surface area contributed by atoms with Crippen LogP contribution in [-0.2, 0) is 17.1 Å². The van der Waals surface area contributed by atoms with Crippen LogP contribution in [0.15, 0.2) is 36.4 Å². The van der Waals surface area contributed by atoms with E-state index in [1.165, 1.54) is 26.1 Å². The molecule has 0 spiro atoms. The third kappa shape index (κ3) is 6.62. The van der Waals surface area contributed by atoms with Gasteiger partial charge in [-0.05, 0) is 73.2 Å². The number of carbonyl (C=O) groups excluding carboxylic acids is 2. The molecule has 0 radical (unpaired) electrons. The number of halogens is 7. The van der Waals surface area contributed by atoms with Gasteiger partial charge in [-0.2, -0.15) is 26.3 Å². The zero-order valence-corrected chi connectivity index (χ0v) is 24.9. The number of hydrogen-bond acceptors (Lipinski definition) is 2. The van der Waals surface area contributed by atoms with E-state index in [4.69, 9.17) is 0 Å². The number of benzene rings is 2. The molecule has 0 saturated carbocycles. The van der Waals surface area contributed by atoms with E-state index in [-0.39, 0.29) is 35.9 Å². The van der Waals surface area contributed by atoms with E-state index in [1.54, 1.807) is 22.8 Å². The van der Waals surface area contributed by atoms with Crippen molar-refractivity contribution in [2.24, 2.45) is 17.3 Å². The van der Waals surface area contributed by atoms with Crippen LogP contribution in [0.3, 0.4) is 0 Å². The van der Waals surface area contributed by atoms with Crippen LogP contribution in [0.25, 0.3) is 0 Å². The fourth-order valence-corrected chi connectivity index (χ4v) is 6.27. The van der Waals surface area contributed by atoms with Crippen molar-refractivity contribution >= 4 is 11.9 Å². The van der Waals surface area contributed by atoms with Crippen LogP contribution in [0, 0.1) is 30.0 Å². The summed E-state index contributed by atoms with van der Waals surface area (Å²) < 4.78 is 95.3. The van der Waals surface area contributed by atoms with E-state index >= 15 is 0 Å². The number of likely N-dealkylation sites (tertiary alicyclic amines) is 2. The quantitative estimate of drug-likeness (QED) is 0.330. The molecule has 236 valence electrons. The molecule has 2 aliphatic heterocycles. The third-order valence-corrected chi connectivity index (χ3v) is 8.67. The zero-order chi connectivity index (χ0) is 32.2. The van der Waals surface area contributed by atoms with Gasteiger partial charge in [0.15, 0.2) is 0 Å². The fourth-order valence-electron chi connectivity index (χ4n) is 6.27. The number of carbonyl (C=O) groups is 2. The maximum atomic E-state index is 14.1. The van der Waals surface area contributed by atoms with Crippen LogP contribution in [0.4, 0.5) is 35.5 Å². The molecule has 2 saturated heterocycles. The van der Waals surface area contributed by atoms with Crippen LogP contribution in [0.1, 0.15) is 74.0 Å².